The summed E-state index contributed by atoms with van der Waals surface area (Å²) in [4.78, 5) is 0. The molecular formula is C21H26Cl3NO4. The second-order valence-electron chi connectivity index (χ2n) is 7.24. The summed E-state index contributed by atoms with van der Waals surface area (Å²) in [6, 6.07) is 11.2. The SMILES string of the molecule is CC(C)(c1ccc(OC[C@@H](O)CN)cc1)c1cc(Cl)c(OC[C@H](O)CCl)c(Cl)c1. The standard InChI is InChI=1S/C21H26Cl3NO4/c1-21(2,13-3-5-17(6-4-13)28-12-16(27)10-25)14-7-18(23)20(19(24)8-14)29-11-15(26)9-22/h3-8,15-16,26-27H,9-12,25H2,1-2H3/t15-,16+/m1/s1. The third-order valence-corrected chi connectivity index (χ3v) is 5.53. The minimum Gasteiger partial charge on any atom is -0.491 e. The second kappa shape index (κ2) is 10.7. The Morgan fingerprint density at radius 3 is 2.00 bits per heavy atom. The van der Waals surface area contributed by atoms with E-state index in [-0.39, 0.29) is 25.6 Å². The summed E-state index contributed by atoms with van der Waals surface area (Å²) < 4.78 is 11.0. The van der Waals surface area contributed by atoms with Gasteiger partial charge in [-0.2, -0.15) is 0 Å². The molecule has 2 atom stereocenters. The van der Waals surface area contributed by atoms with Crippen molar-refractivity contribution in [2.24, 2.45) is 5.73 Å². The fraction of sp³-hybridized carbons (Fsp3) is 0.429. The second-order valence-corrected chi connectivity index (χ2v) is 8.36. The van der Waals surface area contributed by atoms with Crippen LogP contribution in [0.5, 0.6) is 11.5 Å². The minimum atomic E-state index is -0.799. The fourth-order valence-electron chi connectivity index (χ4n) is 2.68. The van der Waals surface area contributed by atoms with E-state index >= 15 is 0 Å². The maximum absolute atomic E-state index is 9.57. The summed E-state index contributed by atoms with van der Waals surface area (Å²) >= 11 is 18.4. The van der Waals surface area contributed by atoms with Gasteiger partial charge in [0.15, 0.2) is 5.75 Å². The largest absolute Gasteiger partial charge is 0.491 e. The Labute approximate surface area is 186 Å². The normalized spacial score (nSPS) is 13.8. The lowest BCUT2D eigenvalue weighted by atomic mass is 9.78. The quantitative estimate of drug-likeness (QED) is 0.465. The lowest BCUT2D eigenvalue weighted by molar-refractivity contribution is 0.114. The van der Waals surface area contributed by atoms with Crippen LogP contribution in [-0.4, -0.2) is 48.1 Å². The van der Waals surface area contributed by atoms with Crippen LogP contribution in [0.4, 0.5) is 0 Å². The molecule has 0 aliphatic rings. The van der Waals surface area contributed by atoms with Gasteiger partial charge in [0, 0.05) is 12.0 Å². The zero-order chi connectivity index (χ0) is 21.6. The van der Waals surface area contributed by atoms with Crippen molar-refractivity contribution in [1.82, 2.24) is 0 Å². The topological polar surface area (TPSA) is 84.9 Å². The van der Waals surface area contributed by atoms with E-state index in [1.807, 2.05) is 24.3 Å². The first-order valence-electron chi connectivity index (χ1n) is 9.16. The molecule has 0 radical (unpaired) electrons. The van der Waals surface area contributed by atoms with Crippen LogP contribution < -0.4 is 15.2 Å². The predicted molar refractivity (Wildman–Crippen MR) is 118 cm³/mol. The van der Waals surface area contributed by atoms with Gasteiger partial charge in [0.1, 0.15) is 31.2 Å². The summed E-state index contributed by atoms with van der Waals surface area (Å²) in [5, 5.41) is 19.8. The number of alkyl halides is 1. The van der Waals surface area contributed by atoms with Crippen molar-refractivity contribution in [2.45, 2.75) is 31.5 Å². The number of halogens is 3. The number of ether oxygens (including phenoxy) is 2. The van der Waals surface area contributed by atoms with Crippen molar-refractivity contribution in [2.75, 3.05) is 25.6 Å². The van der Waals surface area contributed by atoms with Gasteiger partial charge in [0.05, 0.1) is 15.9 Å². The molecule has 0 saturated carbocycles. The lowest BCUT2D eigenvalue weighted by Crippen LogP contribution is -2.26. The monoisotopic (exact) mass is 461 g/mol. The molecule has 0 aliphatic carbocycles. The molecule has 0 aliphatic heterocycles. The van der Waals surface area contributed by atoms with Crippen LogP contribution in [0.1, 0.15) is 25.0 Å². The highest BCUT2D eigenvalue weighted by Crippen LogP contribution is 2.40. The van der Waals surface area contributed by atoms with Crippen LogP contribution in [0.15, 0.2) is 36.4 Å². The summed E-state index contributed by atoms with van der Waals surface area (Å²) in [7, 11) is 0. The number of aliphatic hydroxyl groups is 2. The van der Waals surface area contributed by atoms with E-state index in [0.717, 1.165) is 11.1 Å². The molecule has 0 saturated heterocycles. The Morgan fingerprint density at radius 1 is 0.931 bits per heavy atom. The van der Waals surface area contributed by atoms with Crippen LogP contribution in [0.3, 0.4) is 0 Å². The van der Waals surface area contributed by atoms with Crippen molar-refractivity contribution in [3.8, 4) is 11.5 Å². The highest BCUT2D eigenvalue weighted by molar-refractivity contribution is 6.37. The van der Waals surface area contributed by atoms with Gasteiger partial charge >= 0.3 is 0 Å². The van der Waals surface area contributed by atoms with Crippen LogP contribution in [0.25, 0.3) is 0 Å². The first kappa shape index (κ1) is 24.1. The highest BCUT2D eigenvalue weighted by Gasteiger charge is 2.26. The molecule has 0 heterocycles. The highest BCUT2D eigenvalue weighted by atomic mass is 35.5. The zero-order valence-electron chi connectivity index (χ0n) is 16.4. The number of hydrogen-bond donors (Lipinski definition) is 3. The lowest BCUT2D eigenvalue weighted by Gasteiger charge is -2.27. The molecule has 2 aromatic carbocycles. The van der Waals surface area contributed by atoms with Gasteiger partial charge in [-0.15, -0.1) is 11.6 Å². The molecule has 0 amide bonds. The summed E-state index contributed by atoms with van der Waals surface area (Å²) in [6.45, 7) is 4.41. The molecule has 8 heteroatoms. The maximum atomic E-state index is 9.57. The van der Waals surface area contributed by atoms with Crippen molar-refractivity contribution < 1.29 is 19.7 Å². The van der Waals surface area contributed by atoms with E-state index in [1.165, 1.54) is 0 Å². The molecule has 4 N–H and O–H groups in total. The average molecular weight is 463 g/mol. The molecule has 0 spiro atoms. The van der Waals surface area contributed by atoms with Crippen molar-refractivity contribution >= 4 is 34.8 Å². The van der Waals surface area contributed by atoms with Crippen molar-refractivity contribution in [3.05, 3.63) is 57.6 Å². The number of hydrogen-bond acceptors (Lipinski definition) is 5. The predicted octanol–water partition coefficient (Wildman–Crippen LogP) is 4.00. The summed E-state index contributed by atoms with van der Waals surface area (Å²) in [5.74, 6) is 1.03. The minimum absolute atomic E-state index is 0.00595. The van der Waals surface area contributed by atoms with E-state index in [1.54, 1.807) is 12.1 Å². The molecule has 160 valence electrons. The van der Waals surface area contributed by atoms with E-state index in [4.69, 9.17) is 50.0 Å². The Balaban J connectivity index is 2.19. The maximum Gasteiger partial charge on any atom is 0.156 e. The molecule has 2 rings (SSSR count). The molecule has 0 aromatic heterocycles. The van der Waals surface area contributed by atoms with E-state index < -0.39 is 17.6 Å². The average Bonchev–Trinajstić information content (AvgIpc) is 2.71. The molecule has 0 fully saturated rings. The summed E-state index contributed by atoms with van der Waals surface area (Å²) in [6.07, 6.45) is -1.49. The Bertz CT molecular complexity index is 776. The number of nitrogens with two attached hydrogens (primary N) is 1. The van der Waals surface area contributed by atoms with E-state index in [9.17, 15) is 10.2 Å². The van der Waals surface area contributed by atoms with Gasteiger partial charge in [-0.25, -0.2) is 0 Å². The first-order chi connectivity index (χ1) is 13.7. The Kier molecular flexibility index (Phi) is 8.89. The molecule has 5 nitrogen and oxygen atoms in total. The van der Waals surface area contributed by atoms with Crippen LogP contribution in [0.2, 0.25) is 10.0 Å². The van der Waals surface area contributed by atoms with Crippen molar-refractivity contribution in [3.63, 3.8) is 0 Å². The van der Waals surface area contributed by atoms with Gasteiger partial charge in [-0.3, -0.25) is 0 Å². The fourth-order valence-corrected chi connectivity index (χ4v) is 3.36. The first-order valence-corrected chi connectivity index (χ1v) is 10.5. The zero-order valence-corrected chi connectivity index (χ0v) is 18.6. The Hall–Kier alpha value is -1.21. The van der Waals surface area contributed by atoms with E-state index in [2.05, 4.69) is 13.8 Å². The molecule has 0 bridgehead atoms. The molecular weight excluding hydrogens is 437 g/mol. The van der Waals surface area contributed by atoms with Gasteiger partial charge < -0.3 is 25.4 Å². The van der Waals surface area contributed by atoms with E-state index in [0.29, 0.717) is 21.5 Å². The number of benzene rings is 2. The smallest absolute Gasteiger partial charge is 0.156 e. The van der Waals surface area contributed by atoms with Gasteiger partial charge in [0.25, 0.3) is 0 Å². The van der Waals surface area contributed by atoms with Gasteiger partial charge in [-0.05, 0) is 35.4 Å². The summed E-state index contributed by atoms with van der Waals surface area (Å²) in [5.41, 5.74) is 6.92. The van der Waals surface area contributed by atoms with Crippen molar-refractivity contribution in [1.29, 1.82) is 0 Å². The number of aliphatic hydroxyl groups excluding tert-OH is 2. The van der Waals surface area contributed by atoms with Crippen LogP contribution in [0, 0.1) is 0 Å². The molecule has 0 unspecified atom stereocenters. The van der Waals surface area contributed by atoms with Crippen LogP contribution in [-0.2, 0) is 5.41 Å². The van der Waals surface area contributed by atoms with Gasteiger partial charge in [-0.1, -0.05) is 49.2 Å². The third-order valence-electron chi connectivity index (χ3n) is 4.61. The molecule has 29 heavy (non-hydrogen) atoms. The van der Waals surface area contributed by atoms with Crippen LogP contribution >= 0.6 is 34.8 Å². The van der Waals surface area contributed by atoms with Gasteiger partial charge in [0.2, 0.25) is 0 Å². The Morgan fingerprint density at radius 2 is 1.48 bits per heavy atom. The molecule has 2 aromatic rings. The third kappa shape index (κ3) is 6.38. The number of rotatable bonds is 10.